The van der Waals surface area contributed by atoms with E-state index in [-0.39, 0.29) is 5.84 Å². The van der Waals surface area contributed by atoms with Gasteiger partial charge < -0.3 is 5.32 Å². The number of nitrogens with zero attached hydrogens (tertiary/aromatic N) is 1. The maximum atomic E-state index is 13.2. The Kier molecular flexibility index (Phi) is 3.78. The van der Waals surface area contributed by atoms with Crippen molar-refractivity contribution in [3.8, 4) is 0 Å². The second-order valence-corrected chi connectivity index (χ2v) is 4.46. The zero-order chi connectivity index (χ0) is 14.9. The third kappa shape index (κ3) is 2.81. The smallest absolute Gasteiger partial charge is 0.309 e. The number of carbonyl (C=O) groups is 1. The van der Waals surface area contributed by atoms with Crippen molar-refractivity contribution in [1.29, 1.82) is 0 Å². The molecular formula is C13H12F4N2O. The van der Waals surface area contributed by atoms with Crippen LogP contribution < -0.4 is 5.32 Å². The highest BCUT2D eigenvalue weighted by Crippen LogP contribution is 2.33. The highest BCUT2D eigenvalue weighted by atomic mass is 19.4. The molecule has 0 fully saturated rings. The van der Waals surface area contributed by atoms with Crippen LogP contribution in [0.3, 0.4) is 0 Å². The van der Waals surface area contributed by atoms with E-state index in [9.17, 15) is 22.4 Å². The molecule has 0 bridgehead atoms. The van der Waals surface area contributed by atoms with Gasteiger partial charge in [0.25, 0.3) is 0 Å². The number of benzene rings is 1. The van der Waals surface area contributed by atoms with Crippen molar-refractivity contribution in [1.82, 2.24) is 5.32 Å². The zero-order valence-corrected chi connectivity index (χ0v) is 10.6. The normalized spacial score (nSPS) is 18.9. The van der Waals surface area contributed by atoms with Gasteiger partial charge in [-0.25, -0.2) is 4.39 Å². The minimum absolute atomic E-state index is 0.222. The van der Waals surface area contributed by atoms with Gasteiger partial charge in [-0.2, -0.15) is 13.2 Å². The molecule has 0 spiro atoms. The maximum Gasteiger partial charge on any atom is 0.417 e. The number of rotatable bonds is 3. The number of nitrogens with one attached hydrogen (secondary N) is 1. The molecule has 1 unspecified atom stereocenters. The van der Waals surface area contributed by atoms with Crippen LogP contribution in [0.2, 0.25) is 0 Å². The summed E-state index contributed by atoms with van der Waals surface area (Å²) < 4.78 is 51.9. The quantitative estimate of drug-likeness (QED) is 0.854. The predicted octanol–water partition coefficient (Wildman–Crippen LogP) is 2.89. The van der Waals surface area contributed by atoms with E-state index in [1.165, 1.54) is 0 Å². The summed E-state index contributed by atoms with van der Waals surface area (Å²) in [5, 5.41) is 2.29. The van der Waals surface area contributed by atoms with Crippen LogP contribution in [-0.4, -0.2) is 17.8 Å². The monoisotopic (exact) mass is 288 g/mol. The lowest BCUT2D eigenvalue weighted by molar-refractivity contribution is -0.137. The first-order valence-corrected chi connectivity index (χ1v) is 6.08. The van der Waals surface area contributed by atoms with Gasteiger partial charge in [0.1, 0.15) is 17.7 Å². The van der Waals surface area contributed by atoms with Crippen molar-refractivity contribution in [3.05, 3.63) is 35.1 Å². The second kappa shape index (κ2) is 5.22. The van der Waals surface area contributed by atoms with Gasteiger partial charge in [0, 0.05) is 5.56 Å². The van der Waals surface area contributed by atoms with E-state index in [1.807, 2.05) is 6.92 Å². The fourth-order valence-electron chi connectivity index (χ4n) is 2.01. The van der Waals surface area contributed by atoms with Crippen LogP contribution in [0, 0.1) is 5.82 Å². The van der Waals surface area contributed by atoms with Gasteiger partial charge in [-0.15, -0.1) is 0 Å². The Balaban J connectivity index is 2.45. The molecule has 1 aliphatic rings. The summed E-state index contributed by atoms with van der Waals surface area (Å²) >= 11 is 0. The molecule has 1 atom stereocenters. The van der Waals surface area contributed by atoms with Gasteiger partial charge >= 0.3 is 6.18 Å². The van der Waals surface area contributed by atoms with E-state index >= 15 is 0 Å². The number of alkyl halides is 3. The molecule has 20 heavy (non-hydrogen) atoms. The first-order chi connectivity index (χ1) is 9.32. The van der Waals surface area contributed by atoms with Gasteiger partial charge in [0.05, 0.1) is 5.56 Å². The van der Waals surface area contributed by atoms with Crippen LogP contribution in [0.25, 0.3) is 0 Å². The Bertz CT molecular complexity index is 566. The largest absolute Gasteiger partial charge is 0.417 e. The van der Waals surface area contributed by atoms with Crippen LogP contribution in [0.4, 0.5) is 17.6 Å². The molecule has 0 saturated heterocycles. The first-order valence-electron chi connectivity index (χ1n) is 6.08. The number of halogens is 4. The van der Waals surface area contributed by atoms with Crippen LogP contribution >= 0.6 is 0 Å². The maximum absolute atomic E-state index is 13.2. The van der Waals surface area contributed by atoms with Crippen LogP contribution in [0.5, 0.6) is 0 Å². The Morgan fingerprint density at radius 1 is 1.35 bits per heavy atom. The summed E-state index contributed by atoms with van der Waals surface area (Å²) in [6.45, 7) is 1.84. The number of aliphatic imine (C=N–C) groups is 1. The molecule has 1 amide bonds. The van der Waals surface area contributed by atoms with Crippen LogP contribution in [-0.2, 0) is 11.0 Å². The van der Waals surface area contributed by atoms with Crippen LogP contribution in [0.1, 0.15) is 30.9 Å². The van der Waals surface area contributed by atoms with Crippen molar-refractivity contribution in [3.63, 3.8) is 0 Å². The third-order valence-electron chi connectivity index (χ3n) is 2.93. The average molecular weight is 288 g/mol. The third-order valence-corrected chi connectivity index (χ3v) is 2.93. The molecule has 108 valence electrons. The number of amidine groups is 1. The van der Waals surface area contributed by atoms with Crippen molar-refractivity contribution >= 4 is 11.7 Å². The molecule has 1 aliphatic heterocycles. The lowest BCUT2D eigenvalue weighted by Crippen LogP contribution is -2.30. The summed E-state index contributed by atoms with van der Waals surface area (Å²) in [5.41, 5.74) is -1.46. The molecule has 0 radical (unpaired) electrons. The van der Waals surface area contributed by atoms with E-state index in [0.29, 0.717) is 18.9 Å². The van der Waals surface area contributed by atoms with Crippen molar-refractivity contribution < 1.29 is 22.4 Å². The molecule has 3 nitrogen and oxygen atoms in total. The van der Waals surface area contributed by atoms with E-state index < -0.39 is 35.1 Å². The summed E-state index contributed by atoms with van der Waals surface area (Å²) in [6.07, 6.45) is -3.53. The highest BCUT2D eigenvalue weighted by Gasteiger charge is 2.37. The average Bonchev–Trinajstić information content (AvgIpc) is 2.70. The molecule has 1 aromatic rings. The Labute approximate surface area is 112 Å². The van der Waals surface area contributed by atoms with Gasteiger partial charge in [-0.05, 0) is 24.6 Å². The minimum atomic E-state index is -4.64. The van der Waals surface area contributed by atoms with Gasteiger partial charge in [0.15, 0.2) is 0 Å². The second-order valence-electron chi connectivity index (χ2n) is 4.46. The van der Waals surface area contributed by atoms with Crippen molar-refractivity contribution in [2.24, 2.45) is 4.99 Å². The van der Waals surface area contributed by atoms with Gasteiger partial charge in [0.2, 0.25) is 5.91 Å². The van der Waals surface area contributed by atoms with E-state index in [1.54, 1.807) is 0 Å². The molecule has 1 N–H and O–H groups in total. The number of hydrogen-bond acceptors (Lipinski definition) is 2. The molecule has 0 aromatic heterocycles. The molecule has 0 saturated carbocycles. The SMILES string of the molecule is CCCC1N=C(c2cc(F)ccc2C(F)(F)F)NC1=O. The number of hydrogen-bond donors (Lipinski definition) is 1. The fourth-order valence-corrected chi connectivity index (χ4v) is 2.01. The summed E-state index contributed by atoms with van der Waals surface area (Å²) in [4.78, 5) is 15.5. The fraction of sp³-hybridized carbons (Fsp3) is 0.385. The van der Waals surface area contributed by atoms with Gasteiger partial charge in [-0.3, -0.25) is 9.79 Å². The molecule has 2 rings (SSSR count). The molecular weight excluding hydrogens is 276 g/mol. The highest BCUT2D eigenvalue weighted by molar-refractivity contribution is 6.14. The van der Waals surface area contributed by atoms with Crippen molar-refractivity contribution in [2.75, 3.05) is 0 Å². The first kappa shape index (κ1) is 14.5. The Hall–Kier alpha value is -1.92. The summed E-state index contributed by atoms with van der Waals surface area (Å²) in [5.74, 6) is -1.50. The zero-order valence-electron chi connectivity index (χ0n) is 10.6. The van der Waals surface area contributed by atoms with E-state index in [2.05, 4.69) is 10.3 Å². The lowest BCUT2D eigenvalue weighted by atomic mass is 10.1. The molecule has 7 heteroatoms. The number of carbonyl (C=O) groups excluding carboxylic acids is 1. The van der Waals surface area contributed by atoms with E-state index in [0.717, 1.165) is 12.1 Å². The van der Waals surface area contributed by atoms with Crippen LogP contribution in [0.15, 0.2) is 23.2 Å². The lowest BCUT2D eigenvalue weighted by Gasteiger charge is -2.12. The van der Waals surface area contributed by atoms with E-state index in [4.69, 9.17) is 0 Å². The topological polar surface area (TPSA) is 41.5 Å². The Morgan fingerprint density at radius 2 is 2.05 bits per heavy atom. The minimum Gasteiger partial charge on any atom is -0.309 e. The van der Waals surface area contributed by atoms with Gasteiger partial charge in [-0.1, -0.05) is 13.3 Å². The predicted molar refractivity (Wildman–Crippen MR) is 64.8 cm³/mol. The van der Waals surface area contributed by atoms with Crippen molar-refractivity contribution in [2.45, 2.75) is 32.0 Å². The number of amides is 1. The Morgan fingerprint density at radius 3 is 2.65 bits per heavy atom. The molecule has 1 heterocycles. The standard InChI is InChI=1S/C13H12F4N2O/c1-2-3-10-12(20)19-11(18-10)8-6-7(14)4-5-9(8)13(15,16)17/h4-6,10H,2-3H2,1H3,(H,18,19,20). The summed E-state index contributed by atoms with van der Waals surface area (Å²) in [6, 6.07) is 1.40. The molecule has 1 aromatic carbocycles. The summed E-state index contributed by atoms with van der Waals surface area (Å²) in [7, 11) is 0. The molecule has 0 aliphatic carbocycles.